The van der Waals surface area contributed by atoms with E-state index < -0.39 is 0 Å². The molecule has 2 nitrogen and oxygen atoms in total. The van der Waals surface area contributed by atoms with Crippen LogP contribution in [0.4, 0.5) is 0 Å². The van der Waals surface area contributed by atoms with E-state index in [2.05, 4.69) is 24.3 Å². The molecule has 94 valence electrons. The van der Waals surface area contributed by atoms with E-state index in [0.717, 1.165) is 23.0 Å². The van der Waals surface area contributed by atoms with Crippen molar-refractivity contribution in [2.24, 2.45) is 0 Å². The van der Waals surface area contributed by atoms with Crippen LogP contribution in [0.15, 0.2) is 48.5 Å². The fourth-order valence-corrected chi connectivity index (χ4v) is 3.15. The molecule has 1 unspecified atom stereocenters. The molecule has 0 radical (unpaired) electrons. The Balaban J connectivity index is 2.17. The zero-order valence-corrected chi connectivity index (χ0v) is 11.6. The van der Waals surface area contributed by atoms with E-state index in [1.165, 1.54) is 5.56 Å². The van der Waals surface area contributed by atoms with Crippen LogP contribution < -0.4 is 14.8 Å². The first-order valence-corrected chi connectivity index (χ1v) is 7.04. The van der Waals surface area contributed by atoms with Gasteiger partial charge in [0.2, 0.25) is 0 Å². The molecule has 0 saturated carbocycles. The van der Waals surface area contributed by atoms with Gasteiger partial charge in [0.15, 0.2) is 0 Å². The molecule has 0 fully saturated rings. The van der Waals surface area contributed by atoms with Gasteiger partial charge in [0, 0.05) is 0 Å². The molecule has 2 aromatic carbocycles. The van der Waals surface area contributed by atoms with E-state index in [0.29, 0.717) is 8.58 Å². The zero-order chi connectivity index (χ0) is 12.8. The minimum absolute atomic E-state index is 0.643. The van der Waals surface area contributed by atoms with E-state index in [1.807, 2.05) is 24.3 Å². The Morgan fingerprint density at radius 1 is 0.833 bits per heavy atom. The molecule has 0 saturated heterocycles. The van der Waals surface area contributed by atoms with Gasteiger partial charge in [-0.25, -0.2) is 0 Å². The number of ether oxygens (including phenoxy) is 2. The summed E-state index contributed by atoms with van der Waals surface area (Å²) in [6.07, 6.45) is 1.01. The van der Waals surface area contributed by atoms with Gasteiger partial charge in [0.25, 0.3) is 0 Å². The lowest BCUT2D eigenvalue weighted by Gasteiger charge is -2.12. The van der Waals surface area contributed by atoms with E-state index in [-0.39, 0.29) is 0 Å². The summed E-state index contributed by atoms with van der Waals surface area (Å²) >= 11 is 0. The van der Waals surface area contributed by atoms with Crippen LogP contribution in [0, 0.1) is 0 Å². The van der Waals surface area contributed by atoms with Crippen molar-refractivity contribution in [1.29, 1.82) is 0 Å². The predicted octanol–water partition coefficient (Wildman–Crippen LogP) is 3.21. The molecule has 18 heavy (non-hydrogen) atoms. The molecule has 0 spiro atoms. The summed E-state index contributed by atoms with van der Waals surface area (Å²) in [6.45, 7) is 0. The van der Waals surface area contributed by atoms with Gasteiger partial charge in [-0.05, 0) is 23.9 Å². The highest BCUT2D eigenvalue weighted by Crippen LogP contribution is 2.29. The van der Waals surface area contributed by atoms with Gasteiger partial charge in [-0.2, -0.15) is 0 Å². The number of hydrogen-bond donors (Lipinski definition) is 0. The number of rotatable bonds is 5. The van der Waals surface area contributed by atoms with Crippen molar-refractivity contribution in [2.75, 3.05) is 14.2 Å². The molecule has 2 aromatic rings. The van der Waals surface area contributed by atoms with E-state index in [9.17, 15) is 0 Å². The Morgan fingerprint density at radius 2 is 1.44 bits per heavy atom. The van der Waals surface area contributed by atoms with Crippen molar-refractivity contribution >= 4 is 13.9 Å². The normalized spacial score (nSPS) is 10.8. The van der Waals surface area contributed by atoms with Crippen molar-refractivity contribution in [1.82, 2.24) is 0 Å². The third-order valence-corrected chi connectivity index (χ3v) is 4.17. The summed E-state index contributed by atoms with van der Waals surface area (Å²) in [6, 6.07) is 16.4. The van der Waals surface area contributed by atoms with Gasteiger partial charge in [0.05, 0.1) is 19.5 Å². The second kappa shape index (κ2) is 6.42. The van der Waals surface area contributed by atoms with Gasteiger partial charge < -0.3 is 9.47 Å². The first-order valence-electron chi connectivity index (χ1n) is 5.84. The first kappa shape index (κ1) is 12.9. The van der Waals surface area contributed by atoms with Crippen molar-refractivity contribution < 1.29 is 9.47 Å². The molecular formula is C15H17O2P. The lowest BCUT2D eigenvalue weighted by atomic mass is 10.2. The van der Waals surface area contributed by atoms with Gasteiger partial charge in [-0.1, -0.05) is 45.0 Å². The van der Waals surface area contributed by atoms with Crippen LogP contribution in [-0.2, 0) is 6.16 Å². The molecule has 0 bridgehead atoms. The van der Waals surface area contributed by atoms with Crippen molar-refractivity contribution in [2.45, 2.75) is 6.16 Å². The minimum atomic E-state index is 0.643. The Morgan fingerprint density at radius 3 is 2.00 bits per heavy atom. The van der Waals surface area contributed by atoms with E-state index in [1.54, 1.807) is 14.2 Å². The molecule has 0 aliphatic carbocycles. The van der Waals surface area contributed by atoms with Gasteiger partial charge >= 0.3 is 0 Å². The monoisotopic (exact) mass is 260 g/mol. The van der Waals surface area contributed by atoms with E-state index >= 15 is 0 Å². The smallest absolute Gasteiger partial charge is 0.129 e. The number of hydrogen-bond acceptors (Lipinski definition) is 2. The highest BCUT2D eigenvalue weighted by molar-refractivity contribution is 7.47. The minimum Gasteiger partial charge on any atom is -0.496 e. The van der Waals surface area contributed by atoms with Crippen LogP contribution >= 0.6 is 8.58 Å². The van der Waals surface area contributed by atoms with Crippen LogP contribution in [0.1, 0.15) is 5.56 Å². The summed E-state index contributed by atoms with van der Waals surface area (Å²) in [5.41, 5.74) is 1.34. The predicted molar refractivity (Wildman–Crippen MR) is 77.6 cm³/mol. The number of benzene rings is 2. The molecule has 1 atom stereocenters. The maximum Gasteiger partial charge on any atom is 0.129 e. The van der Waals surface area contributed by atoms with Crippen molar-refractivity contribution in [3.05, 3.63) is 54.1 Å². The Kier molecular flexibility index (Phi) is 4.60. The molecular weight excluding hydrogens is 243 g/mol. The van der Waals surface area contributed by atoms with Crippen LogP contribution in [0.25, 0.3) is 0 Å². The largest absolute Gasteiger partial charge is 0.496 e. The summed E-state index contributed by atoms with van der Waals surface area (Å²) in [4.78, 5) is 0. The molecule has 2 rings (SSSR count). The first-order chi connectivity index (χ1) is 8.85. The second-order valence-electron chi connectivity index (χ2n) is 3.88. The summed E-state index contributed by atoms with van der Waals surface area (Å²) < 4.78 is 10.8. The third kappa shape index (κ3) is 3.02. The Bertz CT molecular complexity index is 475. The fraction of sp³-hybridized carbons (Fsp3) is 0.200. The van der Waals surface area contributed by atoms with Gasteiger partial charge in [-0.3, -0.25) is 0 Å². The third-order valence-electron chi connectivity index (χ3n) is 2.74. The Hall–Kier alpha value is -1.53. The highest BCUT2D eigenvalue weighted by atomic mass is 31.1. The SMILES string of the molecule is COc1cccc(OC)c1PCc1ccccc1. The molecule has 0 N–H and O–H groups in total. The lowest BCUT2D eigenvalue weighted by Crippen LogP contribution is -2.05. The van der Waals surface area contributed by atoms with Crippen LogP contribution in [-0.4, -0.2) is 14.2 Å². The van der Waals surface area contributed by atoms with E-state index in [4.69, 9.17) is 9.47 Å². The number of methoxy groups -OCH3 is 2. The standard InChI is InChI=1S/C15H17O2P/c1-16-13-9-6-10-14(17-2)15(13)18-11-12-7-4-3-5-8-12/h3-10,18H,11H2,1-2H3. The fourth-order valence-electron chi connectivity index (χ4n) is 1.81. The highest BCUT2D eigenvalue weighted by Gasteiger charge is 2.09. The molecule has 0 aliphatic heterocycles. The Labute approximate surface area is 110 Å². The maximum absolute atomic E-state index is 5.40. The van der Waals surface area contributed by atoms with Crippen molar-refractivity contribution in [3.8, 4) is 11.5 Å². The summed E-state index contributed by atoms with van der Waals surface area (Å²) in [5.74, 6) is 1.81. The molecule has 3 heteroatoms. The summed E-state index contributed by atoms with van der Waals surface area (Å²) in [5, 5.41) is 1.16. The summed E-state index contributed by atoms with van der Waals surface area (Å²) in [7, 11) is 4.04. The van der Waals surface area contributed by atoms with Crippen LogP contribution in [0.5, 0.6) is 11.5 Å². The van der Waals surface area contributed by atoms with Gasteiger partial charge in [-0.15, -0.1) is 0 Å². The zero-order valence-electron chi connectivity index (χ0n) is 10.6. The average Bonchev–Trinajstić information content (AvgIpc) is 2.45. The van der Waals surface area contributed by atoms with Crippen molar-refractivity contribution in [3.63, 3.8) is 0 Å². The quantitative estimate of drug-likeness (QED) is 0.768. The molecule has 0 aliphatic rings. The average molecular weight is 260 g/mol. The van der Waals surface area contributed by atoms with Gasteiger partial charge in [0.1, 0.15) is 11.5 Å². The van der Waals surface area contributed by atoms with Crippen LogP contribution in [0.3, 0.4) is 0 Å². The molecule has 0 amide bonds. The van der Waals surface area contributed by atoms with Crippen LogP contribution in [0.2, 0.25) is 0 Å². The molecule has 0 heterocycles. The lowest BCUT2D eigenvalue weighted by molar-refractivity contribution is 0.401. The topological polar surface area (TPSA) is 18.5 Å². The second-order valence-corrected chi connectivity index (χ2v) is 5.08. The molecule has 0 aromatic heterocycles. The maximum atomic E-state index is 5.40.